The van der Waals surface area contributed by atoms with Crippen LogP contribution in [0.2, 0.25) is 0 Å². The number of hydrogen-bond donors (Lipinski definition) is 2. The molecule has 2 N–H and O–H groups in total. The zero-order valence-corrected chi connectivity index (χ0v) is 17.7. The predicted octanol–water partition coefficient (Wildman–Crippen LogP) is 2.19. The normalized spacial score (nSPS) is 18.0. The maximum atomic E-state index is 12.5. The summed E-state index contributed by atoms with van der Waals surface area (Å²) in [4.78, 5) is 13.9. The van der Waals surface area contributed by atoms with Crippen molar-refractivity contribution < 1.29 is 13.2 Å². The number of pyridine rings is 1. The number of imidazole rings is 1. The summed E-state index contributed by atoms with van der Waals surface area (Å²) >= 11 is 0. The van der Waals surface area contributed by atoms with E-state index in [1.807, 2.05) is 22.9 Å². The highest BCUT2D eigenvalue weighted by molar-refractivity contribution is 14.0. The van der Waals surface area contributed by atoms with Crippen LogP contribution in [0.4, 0.5) is 13.2 Å². The van der Waals surface area contributed by atoms with Crippen LogP contribution >= 0.6 is 24.0 Å². The van der Waals surface area contributed by atoms with E-state index in [4.69, 9.17) is 0 Å². The highest BCUT2D eigenvalue weighted by atomic mass is 127. The highest BCUT2D eigenvalue weighted by Crippen LogP contribution is 2.19. The van der Waals surface area contributed by atoms with Gasteiger partial charge < -0.3 is 10.6 Å². The molecule has 0 spiro atoms. The van der Waals surface area contributed by atoms with Crippen LogP contribution in [0.25, 0.3) is 5.82 Å². The molecule has 1 aliphatic heterocycles. The first-order valence-corrected chi connectivity index (χ1v) is 8.62. The van der Waals surface area contributed by atoms with Crippen molar-refractivity contribution in [3.05, 3.63) is 42.6 Å². The Morgan fingerprint density at radius 3 is 2.86 bits per heavy atom. The zero-order valence-electron chi connectivity index (χ0n) is 15.4. The maximum absolute atomic E-state index is 12.5. The number of rotatable bonds is 5. The van der Waals surface area contributed by atoms with Crippen LogP contribution in [0.5, 0.6) is 0 Å². The predicted molar refractivity (Wildman–Crippen MR) is 111 cm³/mol. The van der Waals surface area contributed by atoms with Crippen LogP contribution in [0, 0.1) is 0 Å². The van der Waals surface area contributed by atoms with E-state index < -0.39 is 12.7 Å². The molecule has 1 unspecified atom stereocenters. The molecular weight excluding hydrogens is 486 g/mol. The third-order valence-electron chi connectivity index (χ3n) is 4.28. The molecule has 1 aliphatic rings. The van der Waals surface area contributed by atoms with Gasteiger partial charge in [-0.1, -0.05) is 0 Å². The average Bonchev–Trinajstić information content (AvgIpc) is 3.29. The topological polar surface area (TPSA) is 70.4 Å². The lowest BCUT2D eigenvalue weighted by Crippen LogP contribution is -2.44. The van der Waals surface area contributed by atoms with Gasteiger partial charge in [-0.3, -0.25) is 14.5 Å². The van der Waals surface area contributed by atoms with E-state index in [9.17, 15) is 13.2 Å². The molecule has 0 saturated carbocycles. The Morgan fingerprint density at radius 1 is 1.36 bits per heavy atom. The SMILES string of the molecule is CN=C(NCc1ccnc(-n2ccnc2)c1)NC1CCN(CC(F)(F)F)C1.I. The first-order valence-electron chi connectivity index (χ1n) is 8.62. The summed E-state index contributed by atoms with van der Waals surface area (Å²) in [5.41, 5.74) is 1.00. The number of aliphatic imine (C=N–C) groups is 1. The van der Waals surface area contributed by atoms with Gasteiger partial charge in [0, 0.05) is 51.3 Å². The second-order valence-electron chi connectivity index (χ2n) is 6.40. The van der Waals surface area contributed by atoms with Crippen LogP contribution in [-0.2, 0) is 6.54 Å². The third-order valence-corrected chi connectivity index (χ3v) is 4.28. The quantitative estimate of drug-likeness (QED) is 0.368. The van der Waals surface area contributed by atoms with Gasteiger partial charge in [-0.15, -0.1) is 24.0 Å². The van der Waals surface area contributed by atoms with Crippen molar-refractivity contribution in [2.75, 3.05) is 26.7 Å². The first-order chi connectivity index (χ1) is 12.9. The molecule has 154 valence electrons. The van der Waals surface area contributed by atoms with Gasteiger partial charge in [0.2, 0.25) is 0 Å². The second kappa shape index (κ2) is 10.0. The molecule has 3 rings (SSSR count). The van der Waals surface area contributed by atoms with Gasteiger partial charge in [0.25, 0.3) is 0 Å². The van der Waals surface area contributed by atoms with Gasteiger partial charge in [0.05, 0.1) is 6.54 Å². The van der Waals surface area contributed by atoms with Gasteiger partial charge in [-0.05, 0) is 24.1 Å². The van der Waals surface area contributed by atoms with Crippen molar-refractivity contribution in [3.63, 3.8) is 0 Å². The van der Waals surface area contributed by atoms with E-state index in [1.165, 1.54) is 4.90 Å². The van der Waals surface area contributed by atoms with Crippen LogP contribution in [-0.4, -0.2) is 64.3 Å². The largest absolute Gasteiger partial charge is 0.401 e. The van der Waals surface area contributed by atoms with Gasteiger partial charge in [0.15, 0.2) is 5.96 Å². The molecule has 11 heteroatoms. The highest BCUT2D eigenvalue weighted by Gasteiger charge is 2.34. The second-order valence-corrected chi connectivity index (χ2v) is 6.40. The van der Waals surface area contributed by atoms with Gasteiger partial charge in [-0.2, -0.15) is 13.2 Å². The lowest BCUT2D eigenvalue weighted by atomic mass is 10.2. The summed E-state index contributed by atoms with van der Waals surface area (Å²) in [6.45, 7) is 0.418. The Labute approximate surface area is 178 Å². The summed E-state index contributed by atoms with van der Waals surface area (Å²) < 4.78 is 39.3. The maximum Gasteiger partial charge on any atom is 0.401 e. The summed E-state index contributed by atoms with van der Waals surface area (Å²) in [5, 5.41) is 6.39. The number of nitrogens with zero attached hydrogens (tertiary/aromatic N) is 5. The molecule has 0 radical (unpaired) electrons. The molecule has 7 nitrogen and oxygen atoms in total. The van der Waals surface area contributed by atoms with Crippen LogP contribution in [0.3, 0.4) is 0 Å². The van der Waals surface area contributed by atoms with E-state index >= 15 is 0 Å². The van der Waals surface area contributed by atoms with Crippen molar-refractivity contribution in [1.29, 1.82) is 0 Å². The van der Waals surface area contributed by atoms with Crippen molar-refractivity contribution in [3.8, 4) is 5.82 Å². The minimum absolute atomic E-state index is 0. The number of hydrogen-bond acceptors (Lipinski definition) is 4. The summed E-state index contributed by atoms with van der Waals surface area (Å²) in [5.74, 6) is 1.32. The minimum Gasteiger partial charge on any atom is -0.352 e. The average molecular weight is 509 g/mol. The monoisotopic (exact) mass is 509 g/mol. The zero-order chi connectivity index (χ0) is 19.3. The van der Waals surface area contributed by atoms with Crippen LogP contribution in [0.15, 0.2) is 42.0 Å². The van der Waals surface area contributed by atoms with E-state index in [0.29, 0.717) is 32.0 Å². The summed E-state index contributed by atoms with van der Waals surface area (Å²) in [7, 11) is 1.64. The lowest BCUT2D eigenvalue weighted by Gasteiger charge is -2.20. The lowest BCUT2D eigenvalue weighted by molar-refractivity contribution is -0.143. The molecule has 1 saturated heterocycles. The van der Waals surface area contributed by atoms with E-state index in [0.717, 1.165) is 11.4 Å². The fourth-order valence-corrected chi connectivity index (χ4v) is 3.03. The molecular formula is C17H23F3IN7. The Morgan fingerprint density at radius 2 is 2.18 bits per heavy atom. The molecule has 0 aromatic carbocycles. The van der Waals surface area contributed by atoms with E-state index in [1.54, 1.807) is 25.8 Å². The fraction of sp³-hybridized carbons (Fsp3) is 0.471. The Kier molecular flexibility index (Phi) is 8.04. The molecule has 2 aromatic rings. The fourth-order valence-electron chi connectivity index (χ4n) is 3.03. The van der Waals surface area contributed by atoms with Crippen molar-refractivity contribution in [1.82, 2.24) is 30.1 Å². The molecule has 1 fully saturated rings. The third kappa shape index (κ3) is 6.62. The first kappa shape index (κ1) is 22.4. The number of nitrogens with one attached hydrogen (secondary N) is 2. The number of likely N-dealkylation sites (tertiary alicyclic amines) is 1. The number of halogens is 4. The smallest absolute Gasteiger partial charge is 0.352 e. The molecule has 28 heavy (non-hydrogen) atoms. The van der Waals surface area contributed by atoms with Crippen LogP contribution < -0.4 is 10.6 Å². The van der Waals surface area contributed by atoms with Crippen molar-refractivity contribution >= 4 is 29.9 Å². The standard InChI is InChI=1S/C17H22F3N7.HI/c1-21-16(25-14-3-6-26(10-14)11-17(18,19)20)24-9-13-2-4-23-15(8-13)27-7-5-22-12-27;/h2,4-5,7-8,12,14H,3,6,9-11H2,1H3,(H2,21,24,25);1H. The minimum atomic E-state index is -4.16. The number of guanidine groups is 1. The molecule has 1 atom stereocenters. The van der Waals surface area contributed by atoms with Crippen molar-refractivity contribution in [2.24, 2.45) is 4.99 Å². The summed E-state index contributed by atoms with van der Waals surface area (Å²) in [6, 6.07) is 3.77. The molecule has 0 aliphatic carbocycles. The van der Waals surface area contributed by atoms with Crippen LogP contribution in [0.1, 0.15) is 12.0 Å². The Bertz CT molecular complexity index is 764. The van der Waals surface area contributed by atoms with E-state index in [-0.39, 0.29) is 30.0 Å². The Balaban J connectivity index is 0.00000280. The van der Waals surface area contributed by atoms with Gasteiger partial charge >= 0.3 is 6.18 Å². The molecule has 3 heterocycles. The van der Waals surface area contributed by atoms with Gasteiger partial charge in [0.1, 0.15) is 12.1 Å². The number of aromatic nitrogens is 3. The number of alkyl halides is 3. The molecule has 0 bridgehead atoms. The molecule has 2 aromatic heterocycles. The van der Waals surface area contributed by atoms with Crippen molar-refractivity contribution in [2.45, 2.75) is 25.2 Å². The Hall–Kier alpha value is -1.89. The van der Waals surface area contributed by atoms with E-state index in [2.05, 4.69) is 25.6 Å². The van der Waals surface area contributed by atoms with Gasteiger partial charge in [-0.25, -0.2) is 9.97 Å². The summed E-state index contributed by atoms with van der Waals surface area (Å²) in [6.07, 6.45) is 3.37. The molecule has 0 amide bonds.